The van der Waals surface area contributed by atoms with Gasteiger partial charge in [-0.05, 0) is 37.8 Å². The van der Waals surface area contributed by atoms with Crippen LogP contribution in [0.4, 0.5) is 0 Å². The van der Waals surface area contributed by atoms with E-state index in [0.29, 0.717) is 44.2 Å². The average molecular weight is 409 g/mol. The molecule has 2 heterocycles. The predicted octanol–water partition coefficient (Wildman–Crippen LogP) is 0.0369. The molecule has 0 unspecified atom stereocenters. The minimum atomic E-state index is -3.57. The fourth-order valence-corrected chi connectivity index (χ4v) is 5.41. The van der Waals surface area contributed by atoms with E-state index in [4.69, 9.17) is 0 Å². The van der Waals surface area contributed by atoms with Crippen LogP contribution in [0.3, 0.4) is 0 Å². The first-order valence-corrected chi connectivity index (χ1v) is 11.4. The summed E-state index contributed by atoms with van der Waals surface area (Å²) in [5, 5.41) is 0. The highest BCUT2D eigenvalue weighted by molar-refractivity contribution is 7.89. The van der Waals surface area contributed by atoms with Crippen LogP contribution in [-0.4, -0.2) is 75.1 Å². The zero-order valence-electron chi connectivity index (χ0n) is 16.7. The number of sulfonamides is 1. The number of hydrogen-bond acceptors (Lipinski definition) is 4. The van der Waals surface area contributed by atoms with Gasteiger partial charge in [-0.1, -0.05) is 19.1 Å². The Labute approximate surface area is 167 Å². The van der Waals surface area contributed by atoms with Crippen molar-refractivity contribution < 1.29 is 22.9 Å². The average Bonchev–Trinajstić information content (AvgIpc) is 2.68. The molecule has 1 N–H and O–H groups in total. The first kappa shape index (κ1) is 21.0. The Hall–Kier alpha value is -1.77. The number of benzene rings is 1. The molecule has 2 aliphatic heterocycles. The molecule has 0 aliphatic carbocycles. The van der Waals surface area contributed by atoms with Gasteiger partial charge in [0.15, 0.2) is 12.3 Å². The summed E-state index contributed by atoms with van der Waals surface area (Å²) in [6.45, 7) is 7.80. The zero-order chi connectivity index (χ0) is 20.3. The molecule has 2 aliphatic rings. The van der Waals surface area contributed by atoms with Gasteiger partial charge in [0.1, 0.15) is 0 Å². The summed E-state index contributed by atoms with van der Waals surface area (Å²) in [6, 6.07) is 6.09. The van der Waals surface area contributed by atoms with Crippen molar-refractivity contribution in [3.8, 4) is 0 Å². The lowest BCUT2D eigenvalue weighted by Gasteiger charge is -2.34. The molecule has 0 radical (unpaired) electrons. The van der Waals surface area contributed by atoms with Crippen LogP contribution in [0.5, 0.6) is 0 Å². The highest BCUT2D eigenvalue weighted by atomic mass is 32.2. The number of hydrogen-bond donors (Lipinski definition) is 1. The maximum absolute atomic E-state index is 12.8. The standard InChI is InChI=1S/C20H29N3O4S/c1-16-4-3-9-22(14-16)20(25)15-21-10-12-23(13-11-21)28(26,27)19-7-5-18(6-8-19)17(2)24/h5-8,16H,3-4,9-15H2,1-2H3/p+1/t16-/m0/s1. The van der Waals surface area contributed by atoms with Gasteiger partial charge >= 0.3 is 0 Å². The maximum Gasteiger partial charge on any atom is 0.277 e. The van der Waals surface area contributed by atoms with Crippen molar-refractivity contribution in [1.82, 2.24) is 9.21 Å². The summed E-state index contributed by atoms with van der Waals surface area (Å²) in [6.07, 6.45) is 2.25. The Morgan fingerprint density at radius 3 is 2.32 bits per heavy atom. The molecule has 1 aromatic carbocycles. The van der Waals surface area contributed by atoms with Gasteiger partial charge < -0.3 is 9.80 Å². The lowest BCUT2D eigenvalue weighted by molar-refractivity contribution is -0.896. The van der Waals surface area contributed by atoms with Crippen LogP contribution in [0.2, 0.25) is 0 Å². The zero-order valence-corrected chi connectivity index (χ0v) is 17.5. The van der Waals surface area contributed by atoms with Gasteiger partial charge in [-0.2, -0.15) is 4.31 Å². The molecule has 154 valence electrons. The predicted molar refractivity (Wildman–Crippen MR) is 106 cm³/mol. The third-order valence-electron chi connectivity index (χ3n) is 5.74. The number of piperazine rings is 1. The summed E-state index contributed by atoms with van der Waals surface area (Å²) in [4.78, 5) is 27.2. The van der Waals surface area contributed by atoms with E-state index in [2.05, 4.69) is 6.92 Å². The molecule has 3 rings (SSSR count). The number of quaternary nitrogens is 1. The van der Waals surface area contributed by atoms with Crippen LogP contribution in [0.25, 0.3) is 0 Å². The quantitative estimate of drug-likeness (QED) is 0.698. The molecule has 1 amide bonds. The Morgan fingerprint density at radius 2 is 1.75 bits per heavy atom. The molecule has 8 heteroatoms. The molecule has 28 heavy (non-hydrogen) atoms. The van der Waals surface area contributed by atoms with E-state index >= 15 is 0 Å². The number of ketones is 1. The summed E-state index contributed by atoms with van der Waals surface area (Å²) in [7, 11) is -3.57. The number of rotatable bonds is 5. The Balaban J connectivity index is 1.55. The first-order valence-electron chi connectivity index (χ1n) is 10.00. The molecular formula is C20H30N3O4S+. The third kappa shape index (κ3) is 4.79. The number of likely N-dealkylation sites (tertiary alicyclic amines) is 1. The van der Waals surface area contributed by atoms with Gasteiger partial charge in [-0.15, -0.1) is 0 Å². The summed E-state index contributed by atoms with van der Waals surface area (Å²) >= 11 is 0. The molecule has 1 atom stereocenters. The van der Waals surface area contributed by atoms with Gasteiger partial charge in [0.2, 0.25) is 10.0 Å². The monoisotopic (exact) mass is 408 g/mol. The maximum atomic E-state index is 12.8. The number of piperidine rings is 1. The van der Waals surface area contributed by atoms with Crippen molar-refractivity contribution >= 4 is 21.7 Å². The van der Waals surface area contributed by atoms with E-state index < -0.39 is 10.0 Å². The van der Waals surface area contributed by atoms with Crippen LogP contribution in [0.15, 0.2) is 29.2 Å². The first-order chi connectivity index (χ1) is 13.3. The van der Waals surface area contributed by atoms with E-state index in [-0.39, 0.29) is 16.6 Å². The normalized spacial score (nSPS) is 22.2. The number of nitrogens with one attached hydrogen (secondary N) is 1. The van der Waals surface area contributed by atoms with Crippen molar-refractivity contribution in [2.45, 2.75) is 31.6 Å². The summed E-state index contributed by atoms with van der Waals surface area (Å²) < 4.78 is 27.2. The molecule has 2 fully saturated rings. The van der Waals surface area contributed by atoms with E-state index in [1.54, 1.807) is 12.1 Å². The van der Waals surface area contributed by atoms with Gasteiger partial charge in [0.25, 0.3) is 5.91 Å². The van der Waals surface area contributed by atoms with Crippen molar-refractivity contribution in [2.75, 3.05) is 45.8 Å². The van der Waals surface area contributed by atoms with Crippen LogP contribution in [0, 0.1) is 5.92 Å². The van der Waals surface area contributed by atoms with Crippen molar-refractivity contribution in [3.63, 3.8) is 0 Å². The van der Waals surface area contributed by atoms with E-state index in [1.807, 2.05) is 4.90 Å². The number of amides is 1. The van der Waals surface area contributed by atoms with Gasteiger partial charge in [-0.3, -0.25) is 9.59 Å². The molecular weight excluding hydrogens is 378 g/mol. The number of carbonyl (C=O) groups is 2. The molecule has 1 aromatic rings. The van der Waals surface area contributed by atoms with Crippen LogP contribution >= 0.6 is 0 Å². The Morgan fingerprint density at radius 1 is 1.11 bits per heavy atom. The lowest BCUT2D eigenvalue weighted by Crippen LogP contribution is -3.15. The highest BCUT2D eigenvalue weighted by Crippen LogP contribution is 2.17. The van der Waals surface area contributed by atoms with Crippen molar-refractivity contribution in [1.29, 1.82) is 0 Å². The summed E-state index contributed by atoms with van der Waals surface area (Å²) in [5.74, 6) is 0.649. The second kappa shape index (κ2) is 8.71. The molecule has 0 aromatic heterocycles. The Kier molecular flexibility index (Phi) is 6.52. The fourth-order valence-electron chi connectivity index (χ4n) is 3.97. The van der Waals surface area contributed by atoms with Crippen molar-refractivity contribution in [3.05, 3.63) is 29.8 Å². The minimum absolute atomic E-state index is 0.0890. The lowest BCUT2D eigenvalue weighted by atomic mass is 10.0. The molecule has 7 nitrogen and oxygen atoms in total. The second-order valence-electron chi connectivity index (χ2n) is 8.00. The number of carbonyl (C=O) groups excluding carboxylic acids is 2. The van der Waals surface area contributed by atoms with Crippen LogP contribution in [0.1, 0.15) is 37.0 Å². The van der Waals surface area contributed by atoms with Gasteiger partial charge in [0.05, 0.1) is 31.1 Å². The SMILES string of the molecule is CC(=O)c1ccc(S(=O)(=O)N2CC[NH+](CC(=O)N3CCC[C@H](C)C3)CC2)cc1. The minimum Gasteiger partial charge on any atom is -0.338 e. The molecule has 2 saturated heterocycles. The van der Waals surface area contributed by atoms with E-state index in [1.165, 1.54) is 29.8 Å². The smallest absolute Gasteiger partial charge is 0.277 e. The van der Waals surface area contributed by atoms with Crippen LogP contribution < -0.4 is 4.90 Å². The molecule has 0 spiro atoms. The second-order valence-corrected chi connectivity index (χ2v) is 9.94. The van der Waals surface area contributed by atoms with E-state index in [0.717, 1.165) is 24.4 Å². The molecule has 0 saturated carbocycles. The van der Waals surface area contributed by atoms with Gasteiger partial charge in [0, 0.05) is 18.7 Å². The molecule has 0 bridgehead atoms. The van der Waals surface area contributed by atoms with E-state index in [9.17, 15) is 18.0 Å². The Bertz CT molecular complexity index is 814. The largest absolute Gasteiger partial charge is 0.338 e. The fraction of sp³-hybridized carbons (Fsp3) is 0.600. The van der Waals surface area contributed by atoms with Gasteiger partial charge in [-0.25, -0.2) is 8.42 Å². The highest BCUT2D eigenvalue weighted by Gasteiger charge is 2.32. The topological polar surface area (TPSA) is 79.2 Å². The number of nitrogens with zero attached hydrogens (tertiary/aromatic N) is 2. The summed E-state index contributed by atoms with van der Waals surface area (Å²) in [5.41, 5.74) is 0.499. The van der Waals surface area contributed by atoms with Crippen molar-refractivity contribution in [2.24, 2.45) is 5.92 Å². The third-order valence-corrected chi connectivity index (χ3v) is 7.65. The number of Topliss-reactive ketones (excluding diaryl/α,β-unsaturated/α-hetero) is 1. The van der Waals surface area contributed by atoms with Crippen LogP contribution in [-0.2, 0) is 14.8 Å².